The van der Waals surface area contributed by atoms with Gasteiger partial charge in [-0.05, 0) is 54.6 Å². The molecule has 2 aromatic carbocycles. The van der Waals surface area contributed by atoms with Crippen LogP contribution < -0.4 is 10.6 Å². The van der Waals surface area contributed by atoms with E-state index in [4.69, 9.17) is 28.5 Å². The van der Waals surface area contributed by atoms with E-state index in [0.29, 0.717) is 38.4 Å². The molecule has 1 heterocycles. The quantitative estimate of drug-likeness (QED) is 0.645. The van der Waals surface area contributed by atoms with Gasteiger partial charge in [0.2, 0.25) is 0 Å². The molecular formula is C19H12Cl2N4O. The third-order valence-corrected chi connectivity index (χ3v) is 4.04. The van der Waals surface area contributed by atoms with Crippen LogP contribution in [0.1, 0.15) is 15.9 Å². The summed E-state index contributed by atoms with van der Waals surface area (Å²) in [6, 6.07) is 16.9. The first-order valence-electron chi connectivity index (χ1n) is 7.55. The Hall–Kier alpha value is -3.07. The van der Waals surface area contributed by atoms with Crippen molar-refractivity contribution in [2.45, 2.75) is 0 Å². The number of aromatic nitrogens is 1. The van der Waals surface area contributed by atoms with Crippen LogP contribution in [0.4, 0.5) is 17.2 Å². The predicted molar refractivity (Wildman–Crippen MR) is 103 cm³/mol. The van der Waals surface area contributed by atoms with Crippen LogP contribution in [0.3, 0.4) is 0 Å². The molecule has 128 valence electrons. The van der Waals surface area contributed by atoms with Gasteiger partial charge in [-0.2, -0.15) is 5.26 Å². The number of nitriles is 1. The molecule has 0 saturated heterocycles. The first kappa shape index (κ1) is 17.7. The zero-order valence-electron chi connectivity index (χ0n) is 13.3. The number of carbonyl (C=O) groups excluding carboxylic acids is 1. The van der Waals surface area contributed by atoms with Crippen LogP contribution in [0.15, 0.2) is 60.8 Å². The molecule has 0 aliphatic rings. The van der Waals surface area contributed by atoms with E-state index in [9.17, 15) is 4.79 Å². The summed E-state index contributed by atoms with van der Waals surface area (Å²) in [6.07, 6.45) is 1.53. The number of nitrogens with one attached hydrogen (secondary N) is 2. The van der Waals surface area contributed by atoms with Crippen LogP contribution >= 0.6 is 23.2 Å². The van der Waals surface area contributed by atoms with Crippen molar-refractivity contribution in [1.29, 1.82) is 5.26 Å². The summed E-state index contributed by atoms with van der Waals surface area (Å²) < 4.78 is 0. The Bertz CT molecular complexity index is 997. The molecule has 0 saturated carbocycles. The van der Waals surface area contributed by atoms with E-state index in [0.717, 1.165) is 0 Å². The van der Waals surface area contributed by atoms with Crippen LogP contribution in [0, 0.1) is 11.3 Å². The molecule has 1 amide bonds. The molecule has 0 unspecified atom stereocenters. The van der Waals surface area contributed by atoms with Gasteiger partial charge in [-0.1, -0.05) is 23.2 Å². The number of hydrogen-bond donors (Lipinski definition) is 2. The van der Waals surface area contributed by atoms with E-state index in [1.54, 1.807) is 54.6 Å². The minimum atomic E-state index is -0.289. The molecule has 7 heteroatoms. The summed E-state index contributed by atoms with van der Waals surface area (Å²) in [6.45, 7) is 0. The molecule has 1 aromatic heterocycles. The maximum Gasteiger partial charge on any atom is 0.255 e. The van der Waals surface area contributed by atoms with Crippen molar-refractivity contribution < 1.29 is 4.79 Å². The lowest BCUT2D eigenvalue weighted by Crippen LogP contribution is -2.12. The Kier molecular flexibility index (Phi) is 5.37. The van der Waals surface area contributed by atoms with Gasteiger partial charge in [-0.3, -0.25) is 4.79 Å². The van der Waals surface area contributed by atoms with Crippen LogP contribution in [-0.2, 0) is 0 Å². The Morgan fingerprint density at radius 2 is 1.81 bits per heavy atom. The number of halogens is 2. The number of rotatable bonds is 4. The van der Waals surface area contributed by atoms with Gasteiger partial charge >= 0.3 is 0 Å². The van der Waals surface area contributed by atoms with E-state index < -0.39 is 0 Å². The fraction of sp³-hybridized carbons (Fsp3) is 0. The molecule has 26 heavy (non-hydrogen) atoms. The fourth-order valence-electron chi connectivity index (χ4n) is 2.20. The average Bonchev–Trinajstić information content (AvgIpc) is 2.65. The Labute approximate surface area is 160 Å². The number of pyridine rings is 1. The first-order valence-corrected chi connectivity index (χ1v) is 8.30. The molecule has 0 aliphatic carbocycles. The monoisotopic (exact) mass is 382 g/mol. The van der Waals surface area contributed by atoms with Crippen molar-refractivity contribution >= 4 is 46.3 Å². The Morgan fingerprint density at radius 1 is 1.04 bits per heavy atom. The average molecular weight is 383 g/mol. The van der Waals surface area contributed by atoms with Gasteiger partial charge in [0, 0.05) is 22.5 Å². The summed E-state index contributed by atoms with van der Waals surface area (Å²) >= 11 is 12.0. The molecular weight excluding hydrogens is 371 g/mol. The molecule has 0 aliphatic heterocycles. The van der Waals surface area contributed by atoms with Crippen molar-refractivity contribution in [2.24, 2.45) is 0 Å². The van der Waals surface area contributed by atoms with Crippen LogP contribution in [-0.4, -0.2) is 10.9 Å². The highest BCUT2D eigenvalue weighted by atomic mass is 35.5. The smallest absolute Gasteiger partial charge is 0.255 e. The van der Waals surface area contributed by atoms with E-state index in [2.05, 4.69) is 15.6 Å². The highest BCUT2D eigenvalue weighted by molar-refractivity contribution is 6.36. The SMILES string of the molecule is N#Cc1ccc(NC(=O)c2ccnc(Nc3ccc(Cl)cc3Cl)c2)cc1. The normalized spacial score (nSPS) is 10.0. The molecule has 3 aromatic rings. The number of nitrogens with zero attached hydrogens (tertiary/aromatic N) is 2. The number of carbonyl (C=O) groups is 1. The van der Waals surface area contributed by atoms with Crippen molar-refractivity contribution in [3.05, 3.63) is 82.0 Å². The highest BCUT2D eigenvalue weighted by Crippen LogP contribution is 2.27. The summed E-state index contributed by atoms with van der Waals surface area (Å²) in [5.41, 5.74) is 2.18. The van der Waals surface area contributed by atoms with Gasteiger partial charge in [-0.25, -0.2) is 4.98 Å². The second kappa shape index (κ2) is 7.87. The van der Waals surface area contributed by atoms with Gasteiger partial charge in [0.25, 0.3) is 5.91 Å². The molecule has 0 fully saturated rings. The maximum absolute atomic E-state index is 12.4. The molecule has 0 radical (unpaired) electrons. The predicted octanol–water partition coefficient (Wildman–Crippen LogP) is 5.26. The van der Waals surface area contributed by atoms with E-state index >= 15 is 0 Å². The van der Waals surface area contributed by atoms with E-state index in [1.165, 1.54) is 6.20 Å². The lowest BCUT2D eigenvalue weighted by atomic mass is 10.2. The highest BCUT2D eigenvalue weighted by Gasteiger charge is 2.09. The largest absolute Gasteiger partial charge is 0.339 e. The third kappa shape index (κ3) is 4.31. The minimum Gasteiger partial charge on any atom is -0.339 e. The second-order valence-corrected chi connectivity index (χ2v) is 6.17. The lowest BCUT2D eigenvalue weighted by Gasteiger charge is -2.10. The molecule has 0 spiro atoms. The number of anilines is 3. The molecule has 5 nitrogen and oxygen atoms in total. The molecule has 0 atom stereocenters. The minimum absolute atomic E-state index is 0.289. The lowest BCUT2D eigenvalue weighted by molar-refractivity contribution is 0.102. The van der Waals surface area contributed by atoms with Crippen molar-refractivity contribution in [2.75, 3.05) is 10.6 Å². The van der Waals surface area contributed by atoms with Gasteiger partial charge in [0.1, 0.15) is 5.82 Å². The van der Waals surface area contributed by atoms with Crippen LogP contribution in [0.25, 0.3) is 0 Å². The maximum atomic E-state index is 12.4. The Morgan fingerprint density at radius 3 is 2.50 bits per heavy atom. The molecule has 2 N–H and O–H groups in total. The summed E-state index contributed by atoms with van der Waals surface area (Å²) in [4.78, 5) is 16.6. The van der Waals surface area contributed by atoms with E-state index in [-0.39, 0.29) is 5.91 Å². The van der Waals surface area contributed by atoms with Crippen molar-refractivity contribution in [3.63, 3.8) is 0 Å². The van der Waals surface area contributed by atoms with Crippen LogP contribution in [0.5, 0.6) is 0 Å². The summed E-state index contributed by atoms with van der Waals surface area (Å²) in [7, 11) is 0. The topological polar surface area (TPSA) is 77.8 Å². The van der Waals surface area contributed by atoms with Gasteiger partial charge in [0.15, 0.2) is 0 Å². The molecule has 3 rings (SSSR count). The van der Waals surface area contributed by atoms with Gasteiger partial charge in [-0.15, -0.1) is 0 Å². The van der Waals surface area contributed by atoms with Gasteiger partial charge in [0.05, 0.1) is 22.3 Å². The van der Waals surface area contributed by atoms with Crippen LogP contribution in [0.2, 0.25) is 10.0 Å². The van der Waals surface area contributed by atoms with Crippen molar-refractivity contribution in [3.8, 4) is 6.07 Å². The molecule has 0 bridgehead atoms. The van der Waals surface area contributed by atoms with Gasteiger partial charge < -0.3 is 10.6 Å². The number of hydrogen-bond acceptors (Lipinski definition) is 4. The Balaban J connectivity index is 1.75. The zero-order chi connectivity index (χ0) is 18.5. The summed E-state index contributed by atoms with van der Waals surface area (Å²) in [5, 5.41) is 15.6. The first-order chi connectivity index (χ1) is 12.5. The van der Waals surface area contributed by atoms with E-state index in [1.807, 2.05) is 6.07 Å². The summed E-state index contributed by atoms with van der Waals surface area (Å²) in [5.74, 6) is 0.184. The third-order valence-electron chi connectivity index (χ3n) is 3.49. The standard InChI is InChI=1S/C19H12Cl2N4O/c20-14-3-6-17(16(21)10-14)25-18-9-13(7-8-23-18)19(26)24-15-4-1-12(11-22)2-5-15/h1-10H,(H,23,25)(H,24,26). The number of amides is 1. The van der Waals surface area contributed by atoms with Crippen molar-refractivity contribution in [1.82, 2.24) is 4.98 Å². The fourth-order valence-corrected chi connectivity index (χ4v) is 2.66. The number of benzene rings is 2. The second-order valence-electron chi connectivity index (χ2n) is 5.32. The zero-order valence-corrected chi connectivity index (χ0v) is 14.8.